The summed E-state index contributed by atoms with van der Waals surface area (Å²) in [5.74, 6) is 0. The summed E-state index contributed by atoms with van der Waals surface area (Å²) in [5.41, 5.74) is 0.602. The van der Waals surface area contributed by atoms with Crippen LogP contribution in [0.2, 0.25) is 5.02 Å². The molecule has 1 rings (SSSR count). The number of hydrogen-bond donors (Lipinski definition) is 1. The Hall–Kier alpha value is -0.840. The second-order valence-electron chi connectivity index (χ2n) is 3.89. The molecule has 0 aliphatic heterocycles. The molecule has 0 spiro atoms. The van der Waals surface area contributed by atoms with Gasteiger partial charge in [0.05, 0.1) is 4.90 Å². The molecule has 1 N–H and O–H groups in total. The van der Waals surface area contributed by atoms with Gasteiger partial charge in [0, 0.05) is 29.4 Å². The van der Waals surface area contributed by atoms with Crippen molar-refractivity contribution in [2.45, 2.75) is 24.4 Å². The number of sulfone groups is 1. The first-order chi connectivity index (χ1) is 7.86. The van der Waals surface area contributed by atoms with Gasteiger partial charge >= 0.3 is 0 Å². The first kappa shape index (κ1) is 14.2. The molecule has 94 valence electrons. The zero-order chi connectivity index (χ0) is 13.1. The fourth-order valence-corrected chi connectivity index (χ4v) is 2.66. The van der Waals surface area contributed by atoms with Gasteiger partial charge in [-0.2, -0.15) is 0 Å². The minimum absolute atomic E-state index is 0.0960. The summed E-state index contributed by atoms with van der Waals surface area (Å²) in [4.78, 5) is 0.272. The minimum atomic E-state index is -3.26. The third-order valence-corrected chi connectivity index (χ3v) is 3.97. The smallest absolute Gasteiger partial charge is 0.175 e. The average molecular weight is 274 g/mol. The maximum atomic E-state index is 11.6. The number of benzene rings is 1. The van der Waals surface area contributed by atoms with Crippen molar-refractivity contribution < 1.29 is 8.42 Å². The van der Waals surface area contributed by atoms with E-state index in [1.165, 1.54) is 6.26 Å². The van der Waals surface area contributed by atoms with Crippen molar-refractivity contribution in [3.63, 3.8) is 0 Å². The normalized spacial score (nSPS) is 13.4. The van der Waals surface area contributed by atoms with E-state index in [1.807, 2.05) is 6.92 Å². The molecule has 1 aromatic carbocycles. The lowest BCUT2D eigenvalue weighted by molar-refractivity contribution is 0.595. The van der Waals surface area contributed by atoms with Crippen LogP contribution in [-0.2, 0) is 16.4 Å². The zero-order valence-corrected chi connectivity index (χ0v) is 11.5. The van der Waals surface area contributed by atoms with E-state index in [-0.39, 0.29) is 10.9 Å². The van der Waals surface area contributed by atoms with Gasteiger partial charge < -0.3 is 5.32 Å². The highest BCUT2D eigenvalue weighted by molar-refractivity contribution is 7.90. The fourth-order valence-electron chi connectivity index (χ4n) is 1.40. The van der Waals surface area contributed by atoms with Crippen LogP contribution >= 0.6 is 11.6 Å². The zero-order valence-electron chi connectivity index (χ0n) is 9.90. The highest BCUT2D eigenvalue weighted by Gasteiger charge is 2.15. The summed E-state index contributed by atoms with van der Waals surface area (Å²) < 4.78 is 23.2. The van der Waals surface area contributed by atoms with Crippen LogP contribution in [0, 0.1) is 0 Å². The van der Waals surface area contributed by atoms with E-state index in [0.29, 0.717) is 17.1 Å². The Balaban J connectivity index is 3.09. The molecule has 1 atom stereocenters. The minimum Gasteiger partial charge on any atom is -0.307 e. The topological polar surface area (TPSA) is 46.2 Å². The van der Waals surface area contributed by atoms with Gasteiger partial charge in [0.25, 0.3) is 0 Å². The number of hydrogen-bond acceptors (Lipinski definition) is 3. The SMILES string of the molecule is C=CC(C)NCc1c(Cl)cccc1S(C)(=O)=O. The van der Waals surface area contributed by atoms with Crippen molar-refractivity contribution in [3.8, 4) is 0 Å². The van der Waals surface area contributed by atoms with E-state index >= 15 is 0 Å². The standard InChI is InChI=1S/C12H16ClNO2S/c1-4-9(2)14-8-10-11(13)6-5-7-12(10)17(3,15)16/h4-7,9,14H,1,8H2,2-3H3. The van der Waals surface area contributed by atoms with Crippen molar-refractivity contribution in [2.75, 3.05) is 6.26 Å². The second kappa shape index (κ2) is 5.67. The highest BCUT2D eigenvalue weighted by atomic mass is 35.5. The van der Waals surface area contributed by atoms with Gasteiger partial charge in [-0.3, -0.25) is 0 Å². The summed E-state index contributed by atoms with van der Waals surface area (Å²) in [6, 6.07) is 4.99. The molecule has 0 amide bonds. The van der Waals surface area contributed by atoms with Gasteiger partial charge in [-0.25, -0.2) is 8.42 Å². The summed E-state index contributed by atoms with van der Waals surface area (Å²) in [7, 11) is -3.26. The second-order valence-corrected chi connectivity index (χ2v) is 6.29. The van der Waals surface area contributed by atoms with Crippen LogP contribution in [0.3, 0.4) is 0 Å². The molecule has 0 aromatic heterocycles. The molecule has 0 saturated heterocycles. The van der Waals surface area contributed by atoms with Crippen molar-refractivity contribution in [2.24, 2.45) is 0 Å². The Kier molecular flexibility index (Phi) is 4.74. The Bertz CT molecular complexity index is 511. The molecule has 1 aromatic rings. The van der Waals surface area contributed by atoms with E-state index in [4.69, 9.17) is 11.6 Å². The fraction of sp³-hybridized carbons (Fsp3) is 0.333. The first-order valence-corrected chi connectivity index (χ1v) is 7.46. The van der Waals surface area contributed by atoms with Crippen LogP contribution in [0.25, 0.3) is 0 Å². The third kappa shape index (κ3) is 3.84. The Morgan fingerprint density at radius 2 is 2.18 bits per heavy atom. The van der Waals surface area contributed by atoms with Gasteiger partial charge in [0.2, 0.25) is 0 Å². The van der Waals surface area contributed by atoms with Gasteiger partial charge in [-0.1, -0.05) is 23.7 Å². The Labute approximate surface area is 107 Å². The van der Waals surface area contributed by atoms with Gasteiger partial charge in [-0.05, 0) is 19.1 Å². The molecule has 1 unspecified atom stereocenters. The lowest BCUT2D eigenvalue weighted by atomic mass is 10.2. The molecular formula is C12H16ClNO2S. The molecule has 0 heterocycles. The lowest BCUT2D eigenvalue weighted by Gasteiger charge is -2.13. The average Bonchev–Trinajstić information content (AvgIpc) is 2.25. The van der Waals surface area contributed by atoms with E-state index in [0.717, 1.165) is 0 Å². The monoisotopic (exact) mass is 273 g/mol. The Morgan fingerprint density at radius 3 is 2.71 bits per heavy atom. The first-order valence-electron chi connectivity index (χ1n) is 5.19. The summed E-state index contributed by atoms with van der Waals surface area (Å²) >= 11 is 6.03. The van der Waals surface area contributed by atoms with E-state index in [9.17, 15) is 8.42 Å². The molecule has 0 radical (unpaired) electrons. The van der Waals surface area contributed by atoms with Crippen LogP contribution in [0.4, 0.5) is 0 Å². The number of nitrogens with one attached hydrogen (secondary N) is 1. The molecule has 17 heavy (non-hydrogen) atoms. The number of halogens is 1. The summed E-state index contributed by atoms with van der Waals surface area (Å²) in [5, 5.41) is 3.59. The Morgan fingerprint density at radius 1 is 1.53 bits per heavy atom. The van der Waals surface area contributed by atoms with E-state index < -0.39 is 9.84 Å². The maximum absolute atomic E-state index is 11.6. The summed E-state index contributed by atoms with van der Waals surface area (Å²) in [6.07, 6.45) is 2.93. The molecule has 0 fully saturated rings. The van der Waals surface area contributed by atoms with Crippen LogP contribution in [0.1, 0.15) is 12.5 Å². The molecule has 0 aliphatic rings. The van der Waals surface area contributed by atoms with Gasteiger partial charge in [-0.15, -0.1) is 6.58 Å². The van der Waals surface area contributed by atoms with Crippen LogP contribution in [0.15, 0.2) is 35.7 Å². The van der Waals surface area contributed by atoms with Crippen LogP contribution in [0.5, 0.6) is 0 Å². The molecular weight excluding hydrogens is 258 g/mol. The predicted octanol–water partition coefficient (Wildman–Crippen LogP) is 2.41. The van der Waals surface area contributed by atoms with E-state index in [2.05, 4.69) is 11.9 Å². The van der Waals surface area contributed by atoms with Gasteiger partial charge in [0.1, 0.15) is 0 Å². The molecule has 0 bridgehead atoms. The largest absolute Gasteiger partial charge is 0.307 e. The molecule has 0 saturated carbocycles. The van der Waals surface area contributed by atoms with E-state index in [1.54, 1.807) is 24.3 Å². The van der Waals surface area contributed by atoms with Crippen molar-refractivity contribution in [1.29, 1.82) is 0 Å². The van der Waals surface area contributed by atoms with Crippen molar-refractivity contribution >= 4 is 21.4 Å². The third-order valence-electron chi connectivity index (χ3n) is 2.43. The van der Waals surface area contributed by atoms with Crippen molar-refractivity contribution in [3.05, 3.63) is 41.4 Å². The molecule has 5 heteroatoms. The van der Waals surface area contributed by atoms with Crippen molar-refractivity contribution in [1.82, 2.24) is 5.32 Å². The predicted molar refractivity (Wildman–Crippen MR) is 71.1 cm³/mol. The maximum Gasteiger partial charge on any atom is 0.175 e. The lowest BCUT2D eigenvalue weighted by Crippen LogP contribution is -2.24. The van der Waals surface area contributed by atoms with Crippen LogP contribution < -0.4 is 5.32 Å². The summed E-state index contributed by atoms with van der Waals surface area (Å²) in [6.45, 7) is 5.99. The quantitative estimate of drug-likeness (QED) is 0.838. The highest BCUT2D eigenvalue weighted by Crippen LogP contribution is 2.23. The number of rotatable bonds is 5. The van der Waals surface area contributed by atoms with Crippen LogP contribution in [-0.4, -0.2) is 20.7 Å². The molecule has 3 nitrogen and oxygen atoms in total. The molecule has 0 aliphatic carbocycles. The van der Waals surface area contributed by atoms with Gasteiger partial charge in [0.15, 0.2) is 9.84 Å².